The molecule has 1 aliphatic heterocycles. The highest BCUT2D eigenvalue weighted by Gasteiger charge is 2.44. The Bertz CT molecular complexity index is 364. The Balaban J connectivity index is 1.72. The van der Waals surface area contributed by atoms with E-state index in [9.17, 15) is 4.79 Å². The molecule has 1 aliphatic rings. The summed E-state index contributed by atoms with van der Waals surface area (Å²) in [6, 6.07) is 9.50. The van der Waals surface area contributed by atoms with E-state index in [0.29, 0.717) is 0 Å². The van der Waals surface area contributed by atoms with Gasteiger partial charge >= 0.3 is 0 Å². The van der Waals surface area contributed by atoms with Crippen LogP contribution < -0.4 is 5.32 Å². The van der Waals surface area contributed by atoms with Gasteiger partial charge in [0.15, 0.2) is 6.10 Å². The van der Waals surface area contributed by atoms with Crippen molar-refractivity contribution >= 4 is 11.6 Å². The van der Waals surface area contributed by atoms with Gasteiger partial charge < -0.3 is 10.1 Å². The first-order chi connectivity index (χ1) is 8.31. The zero-order valence-corrected chi connectivity index (χ0v) is 10.2. The normalized spacial score (nSPS) is 22.2. The lowest BCUT2D eigenvalue weighted by atomic mass is 10.1. The summed E-state index contributed by atoms with van der Waals surface area (Å²) in [5.74, 6) is -0.0160. The number of para-hydroxylation sites is 1. The average molecular weight is 233 g/mol. The molecule has 1 heterocycles. The van der Waals surface area contributed by atoms with Crippen LogP contribution in [0, 0.1) is 0 Å². The first kappa shape index (κ1) is 12.1. The van der Waals surface area contributed by atoms with E-state index in [2.05, 4.69) is 12.2 Å². The third kappa shape index (κ3) is 3.56. The molecule has 3 nitrogen and oxygen atoms in total. The van der Waals surface area contributed by atoms with Crippen LogP contribution in [-0.4, -0.2) is 18.1 Å². The lowest BCUT2D eigenvalue weighted by Gasteiger charge is -2.01. The van der Waals surface area contributed by atoms with Gasteiger partial charge in [0, 0.05) is 5.69 Å². The van der Waals surface area contributed by atoms with Crippen molar-refractivity contribution < 1.29 is 9.53 Å². The molecule has 0 spiro atoms. The summed E-state index contributed by atoms with van der Waals surface area (Å²) in [5.41, 5.74) is 0.834. The maximum Gasteiger partial charge on any atom is 0.256 e. The zero-order valence-electron chi connectivity index (χ0n) is 10.2. The fraction of sp³-hybridized carbons (Fsp3) is 0.500. The second-order valence-electron chi connectivity index (χ2n) is 4.45. The lowest BCUT2D eigenvalue weighted by Crippen LogP contribution is -2.19. The quantitative estimate of drug-likeness (QED) is 0.606. The Morgan fingerprint density at radius 2 is 2.06 bits per heavy atom. The summed E-state index contributed by atoms with van der Waals surface area (Å²) in [6.07, 6.45) is 4.48. The fourth-order valence-corrected chi connectivity index (χ4v) is 1.92. The molecule has 0 radical (unpaired) electrons. The van der Waals surface area contributed by atoms with Crippen LogP contribution in [0.5, 0.6) is 0 Å². The number of ether oxygens (including phenoxy) is 1. The molecule has 1 aromatic rings. The number of rotatable bonds is 6. The number of hydrogen-bond donors (Lipinski definition) is 1. The molecule has 1 N–H and O–H groups in total. The molecule has 1 saturated heterocycles. The highest BCUT2D eigenvalue weighted by Crippen LogP contribution is 2.28. The molecule has 0 aliphatic carbocycles. The minimum absolute atomic E-state index is 0.0160. The van der Waals surface area contributed by atoms with E-state index >= 15 is 0 Å². The van der Waals surface area contributed by atoms with Crippen LogP contribution >= 0.6 is 0 Å². The summed E-state index contributed by atoms with van der Waals surface area (Å²) in [4.78, 5) is 11.8. The van der Waals surface area contributed by atoms with E-state index in [4.69, 9.17) is 4.74 Å². The minimum atomic E-state index is -0.230. The van der Waals surface area contributed by atoms with Crippen LogP contribution in [0.1, 0.15) is 32.6 Å². The van der Waals surface area contributed by atoms with Crippen molar-refractivity contribution in [3.05, 3.63) is 30.3 Å². The monoisotopic (exact) mass is 233 g/mol. The van der Waals surface area contributed by atoms with Gasteiger partial charge in [0.05, 0.1) is 6.10 Å². The van der Waals surface area contributed by atoms with Gasteiger partial charge in [-0.2, -0.15) is 0 Å². The summed E-state index contributed by atoms with van der Waals surface area (Å²) in [6.45, 7) is 2.17. The predicted molar refractivity (Wildman–Crippen MR) is 67.9 cm³/mol. The summed E-state index contributed by atoms with van der Waals surface area (Å²) in [5, 5.41) is 2.86. The standard InChI is InChI=1S/C14H19NO2/c1-2-3-5-10-12-13(17-12)14(16)15-11-8-6-4-7-9-11/h4,6-9,12-13H,2-3,5,10H2,1H3,(H,15,16)/t12-,13-/m1/s1. The van der Waals surface area contributed by atoms with Crippen LogP contribution in [-0.2, 0) is 9.53 Å². The predicted octanol–water partition coefficient (Wildman–Crippen LogP) is 2.97. The molecule has 2 atom stereocenters. The number of carbonyl (C=O) groups is 1. The van der Waals surface area contributed by atoms with Crippen LogP contribution in [0.2, 0.25) is 0 Å². The first-order valence-electron chi connectivity index (χ1n) is 6.32. The van der Waals surface area contributed by atoms with Gasteiger partial charge in [-0.15, -0.1) is 0 Å². The molecule has 92 valence electrons. The zero-order chi connectivity index (χ0) is 12.1. The van der Waals surface area contributed by atoms with E-state index in [1.165, 1.54) is 12.8 Å². The molecular weight excluding hydrogens is 214 g/mol. The number of anilines is 1. The van der Waals surface area contributed by atoms with E-state index in [1.54, 1.807) is 0 Å². The maximum atomic E-state index is 11.8. The highest BCUT2D eigenvalue weighted by molar-refractivity contribution is 5.96. The Morgan fingerprint density at radius 3 is 2.76 bits per heavy atom. The Morgan fingerprint density at radius 1 is 1.29 bits per heavy atom. The van der Waals surface area contributed by atoms with Gasteiger partial charge in [0.1, 0.15) is 0 Å². The Kier molecular flexibility index (Phi) is 4.15. The molecule has 1 aromatic carbocycles. The van der Waals surface area contributed by atoms with Crippen molar-refractivity contribution in [3.8, 4) is 0 Å². The summed E-state index contributed by atoms with van der Waals surface area (Å²) < 4.78 is 5.39. The van der Waals surface area contributed by atoms with Gasteiger partial charge in [-0.25, -0.2) is 0 Å². The van der Waals surface area contributed by atoms with Gasteiger partial charge in [0.25, 0.3) is 5.91 Å². The smallest absolute Gasteiger partial charge is 0.256 e. The van der Waals surface area contributed by atoms with E-state index < -0.39 is 0 Å². The topological polar surface area (TPSA) is 41.6 Å². The van der Waals surface area contributed by atoms with E-state index in [1.807, 2.05) is 30.3 Å². The van der Waals surface area contributed by atoms with E-state index in [-0.39, 0.29) is 18.1 Å². The molecule has 0 unspecified atom stereocenters. The van der Waals surface area contributed by atoms with Crippen LogP contribution in [0.4, 0.5) is 5.69 Å². The Labute approximate surface area is 102 Å². The molecule has 0 saturated carbocycles. The third-order valence-electron chi connectivity index (χ3n) is 2.97. The summed E-state index contributed by atoms with van der Waals surface area (Å²) >= 11 is 0. The van der Waals surface area contributed by atoms with Crippen molar-refractivity contribution in [1.82, 2.24) is 0 Å². The van der Waals surface area contributed by atoms with Crippen molar-refractivity contribution in [1.29, 1.82) is 0 Å². The lowest BCUT2D eigenvalue weighted by molar-refractivity contribution is -0.117. The number of hydrogen-bond acceptors (Lipinski definition) is 2. The van der Waals surface area contributed by atoms with E-state index in [0.717, 1.165) is 18.5 Å². The van der Waals surface area contributed by atoms with Crippen LogP contribution in [0.3, 0.4) is 0 Å². The molecule has 1 fully saturated rings. The molecule has 17 heavy (non-hydrogen) atoms. The van der Waals surface area contributed by atoms with Crippen molar-refractivity contribution in [3.63, 3.8) is 0 Å². The minimum Gasteiger partial charge on any atom is -0.359 e. The van der Waals surface area contributed by atoms with Gasteiger partial charge in [-0.05, 0) is 18.6 Å². The fourth-order valence-electron chi connectivity index (χ4n) is 1.92. The van der Waals surface area contributed by atoms with Gasteiger partial charge in [-0.3, -0.25) is 4.79 Å². The number of nitrogens with one attached hydrogen (secondary N) is 1. The largest absolute Gasteiger partial charge is 0.359 e. The van der Waals surface area contributed by atoms with Gasteiger partial charge in [0.2, 0.25) is 0 Å². The highest BCUT2D eigenvalue weighted by atomic mass is 16.6. The number of benzene rings is 1. The van der Waals surface area contributed by atoms with Crippen molar-refractivity contribution in [2.75, 3.05) is 5.32 Å². The first-order valence-corrected chi connectivity index (χ1v) is 6.32. The summed E-state index contributed by atoms with van der Waals surface area (Å²) in [7, 11) is 0. The van der Waals surface area contributed by atoms with Crippen LogP contribution in [0.25, 0.3) is 0 Å². The molecule has 2 rings (SSSR count). The number of epoxide rings is 1. The SMILES string of the molecule is CCCCC[C@H]1O[C@H]1C(=O)Nc1ccccc1. The molecule has 3 heteroatoms. The number of unbranched alkanes of at least 4 members (excludes halogenated alkanes) is 2. The Hall–Kier alpha value is -1.35. The van der Waals surface area contributed by atoms with Crippen molar-refractivity contribution in [2.45, 2.75) is 44.8 Å². The molecule has 1 amide bonds. The number of carbonyl (C=O) groups excluding carboxylic acids is 1. The third-order valence-corrected chi connectivity index (χ3v) is 2.97. The second-order valence-corrected chi connectivity index (χ2v) is 4.45. The van der Waals surface area contributed by atoms with Crippen molar-refractivity contribution in [2.24, 2.45) is 0 Å². The number of amides is 1. The molecule has 0 bridgehead atoms. The van der Waals surface area contributed by atoms with Crippen LogP contribution in [0.15, 0.2) is 30.3 Å². The molecule has 0 aromatic heterocycles. The second kappa shape index (κ2) is 5.82. The average Bonchev–Trinajstić information content (AvgIpc) is 3.10. The van der Waals surface area contributed by atoms with Gasteiger partial charge in [-0.1, -0.05) is 44.4 Å². The maximum absolute atomic E-state index is 11.8. The molecular formula is C14H19NO2.